The molecule has 0 atom stereocenters. The molecule has 1 amide bonds. The van der Waals surface area contributed by atoms with Gasteiger partial charge in [-0.2, -0.15) is 0 Å². The van der Waals surface area contributed by atoms with E-state index in [-0.39, 0.29) is 18.5 Å². The zero-order chi connectivity index (χ0) is 11.4. The highest BCUT2D eigenvalue weighted by Crippen LogP contribution is 2.00. The van der Waals surface area contributed by atoms with Gasteiger partial charge in [0.1, 0.15) is 5.54 Å². The SMILES string of the molecule is CC(C)NCC(=O)NC(C)(C)C(=O)O. The lowest BCUT2D eigenvalue weighted by atomic mass is 10.1. The number of nitrogens with one attached hydrogen (secondary N) is 2. The molecule has 0 bridgehead atoms. The van der Waals surface area contributed by atoms with Crippen LogP contribution in [0, 0.1) is 0 Å². The molecule has 82 valence electrons. The summed E-state index contributed by atoms with van der Waals surface area (Å²) in [6.45, 7) is 6.85. The van der Waals surface area contributed by atoms with E-state index in [1.54, 1.807) is 0 Å². The minimum atomic E-state index is -1.21. The molecule has 5 heteroatoms. The van der Waals surface area contributed by atoms with E-state index < -0.39 is 11.5 Å². The van der Waals surface area contributed by atoms with Gasteiger partial charge in [-0.05, 0) is 13.8 Å². The second-order valence-electron chi connectivity index (χ2n) is 4.01. The summed E-state index contributed by atoms with van der Waals surface area (Å²) < 4.78 is 0. The second kappa shape index (κ2) is 4.95. The summed E-state index contributed by atoms with van der Waals surface area (Å²) in [5.74, 6) is -1.36. The number of aliphatic carboxylic acids is 1. The van der Waals surface area contributed by atoms with Crippen molar-refractivity contribution in [2.24, 2.45) is 0 Å². The van der Waals surface area contributed by atoms with Crippen LogP contribution in [0.15, 0.2) is 0 Å². The molecular weight excluding hydrogens is 184 g/mol. The maximum Gasteiger partial charge on any atom is 0.328 e. The van der Waals surface area contributed by atoms with Crippen LogP contribution in [0.5, 0.6) is 0 Å². The molecule has 0 radical (unpaired) electrons. The molecule has 5 nitrogen and oxygen atoms in total. The predicted molar refractivity (Wildman–Crippen MR) is 53.0 cm³/mol. The van der Waals surface area contributed by atoms with Crippen LogP contribution in [-0.4, -0.2) is 35.1 Å². The second-order valence-corrected chi connectivity index (χ2v) is 4.01. The molecule has 3 N–H and O–H groups in total. The fourth-order valence-electron chi connectivity index (χ4n) is 0.743. The van der Waals surface area contributed by atoms with Gasteiger partial charge in [-0.3, -0.25) is 4.79 Å². The third-order valence-electron chi connectivity index (χ3n) is 1.66. The Hall–Kier alpha value is -1.10. The lowest BCUT2D eigenvalue weighted by molar-refractivity contribution is -0.145. The molecule has 0 aromatic heterocycles. The molecular formula is C9H18N2O3. The standard InChI is InChI=1S/C9H18N2O3/c1-6(2)10-5-7(12)11-9(3,4)8(13)14/h6,10H,5H2,1-4H3,(H,11,12)(H,13,14). The van der Waals surface area contributed by atoms with Gasteiger partial charge >= 0.3 is 5.97 Å². The Morgan fingerprint density at radius 3 is 2.21 bits per heavy atom. The Morgan fingerprint density at radius 1 is 1.36 bits per heavy atom. The summed E-state index contributed by atoms with van der Waals surface area (Å²) in [7, 11) is 0. The lowest BCUT2D eigenvalue weighted by Crippen LogP contribution is -2.52. The monoisotopic (exact) mass is 202 g/mol. The molecule has 14 heavy (non-hydrogen) atoms. The van der Waals surface area contributed by atoms with Crippen LogP contribution >= 0.6 is 0 Å². The quantitative estimate of drug-likeness (QED) is 0.584. The van der Waals surface area contributed by atoms with Gasteiger partial charge in [-0.25, -0.2) is 4.79 Å². The van der Waals surface area contributed by atoms with E-state index in [1.165, 1.54) is 13.8 Å². The van der Waals surface area contributed by atoms with Crippen molar-refractivity contribution >= 4 is 11.9 Å². The summed E-state index contributed by atoms with van der Waals surface area (Å²) in [6.07, 6.45) is 0. The highest BCUT2D eigenvalue weighted by atomic mass is 16.4. The van der Waals surface area contributed by atoms with Gasteiger partial charge in [0.15, 0.2) is 0 Å². The van der Waals surface area contributed by atoms with Crippen LogP contribution < -0.4 is 10.6 Å². The molecule has 0 unspecified atom stereocenters. The molecule has 0 spiro atoms. The van der Waals surface area contributed by atoms with Gasteiger partial charge in [-0.1, -0.05) is 13.8 Å². The minimum Gasteiger partial charge on any atom is -0.480 e. The molecule has 0 aromatic carbocycles. The van der Waals surface area contributed by atoms with E-state index in [1.807, 2.05) is 13.8 Å². The van der Waals surface area contributed by atoms with E-state index in [4.69, 9.17) is 5.11 Å². The Bertz CT molecular complexity index is 224. The lowest BCUT2D eigenvalue weighted by Gasteiger charge is -2.21. The molecule has 0 saturated heterocycles. The largest absolute Gasteiger partial charge is 0.480 e. The number of rotatable bonds is 5. The first-order valence-electron chi connectivity index (χ1n) is 4.53. The summed E-state index contributed by atoms with van der Waals surface area (Å²) >= 11 is 0. The third kappa shape index (κ3) is 4.81. The highest BCUT2D eigenvalue weighted by molar-refractivity contribution is 5.87. The summed E-state index contributed by atoms with van der Waals surface area (Å²) in [6, 6.07) is 0.202. The molecule has 0 aliphatic carbocycles. The normalized spacial score (nSPS) is 11.5. The van der Waals surface area contributed by atoms with E-state index in [9.17, 15) is 9.59 Å². The molecule has 0 fully saturated rings. The van der Waals surface area contributed by atoms with Crippen molar-refractivity contribution < 1.29 is 14.7 Å². The molecule has 0 aliphatic heterocycles. The highest BCUT2D eigenvalue weighted by Gasteiger charge is 2.28. The average Bonchev–Trinajstić information content (AvgIpc) is 1.99. The number of carbonyl (C=O) groups excluding carboxylic acids is 1. The predicted octanol–water partition coefficient (Wildman–Crippen LogP) is -0.0362. The average molecular weight is 202 g/mol. The van der Waals surface area contributed by atoms with E-state index in [0.717, 1.165) is 0 Å². The van der Waals surface area contributed by atoms with Crippen LogP contribution in [0.3, 0.4) is 0 Å². The molecule has 0 heterocycles. The van der Waals surface area contributed by atoms with Gasteiger partial charge in [0.2, 0.25) is 5.91 Å². The number of hydrogen-bond acceptors (Lipinski definition) is 3. The summed E-state index contributed by atoms with van der Waals surface area (Å²) in [5.41, 5.74) is -1.21. The maximum absolute atomic E-state index is 11.2. The molecule has 0 aliphatic rings. The van der Waals surface area contributed by atoms with Gasteiger partial charge in [0.25, 0.3) is 0 Å². The number of carbonyl (C=O) groups is 2. The van der Waals surface area contributed by atoms with Crippen LogP contribution in [0.4, 0.5) is 0 Å². The first-order chi connectivity index (χ1) is 6.25. The Labute approximate surface area is 83.9 Å². The zero-order valence-corrected chi connectivity index (χ0v) is 9.05. The third-order valence-corrected chi connectivity index (χ3v) is 1.66. The zero-order valence-electron chi connectivity index (χ0n) is 9.05. The first-order valence-corrected chi connectivity index (χ1v) is 4.53. The van der Waals surface area contributed by atoms with Gasteiger partial charge in [-0.15, -0.1) is 0 Å². The van der Waals surface area contributed by atoms with Crippen LogP contribution in [0.1, 0.15) is 27.7 Å². The van der Waals surface area contributed by atoms with Crippen molar-refractivity contribution in [2.75, 3.05) is 6.54 Å². The van der Waals surface area contributed by atoms with Crippen molar-refractivity contribution in [1.29, 1.82) is 0 Å². The number of hydrogen-bond donors (Lipinski definition) is 3. The van der Waals surface area contributed by atoms with E-state index in [0.29, 0.717) is 0 Å². The number of amides is 1. The van der Waals surface area contributed by atoms with Crippen LogP contribution in [0.25, 0.3) is 0 Å². The fourth-order valence-corrected chi connectivity index (χ4v) is 0.743. The van der Waals surface area contributed by atoms with Crippen LogP contribution in [-0.2, 0) is 9.59 Å². The van der Waals surface area contributed by atoms with Gasteiger partial charge in [0, 0.05) is 6.04 Å². The van der Waals surface area contributed by atoms with Crippen LogP contribution in [0.2, 0.25) is 0 Å². The summed E-state index contributed by atoms with van der Waals surface area (Å²) in [5, 5.41) is 14.0. The van der Waals surface area contributed by atoms with Crippen molar-refractivity contribution in [3.05, 3.63) is 0 Å². The van der Waals surface area contributed by atoms with Gasteiger partial charge < -0.3 is 15.7 Å². The molecule has 0 saturated carbocycles. The molecule has 0 rings (SSSR count). The maximum atomic E-state index is 11.2. The van der Waals surface area contributed by atoms with Crippen molar-refractivity contribution in [3.63, 3.8) is 0 Å². The Balaban J connectivity index is 4.00. The fraction of sp³-hybridized carbons (Fsp3) is 0.778. The van der Waals surface area contributed by atoms with E-state index >= 15 is 0 Å². The van der Waals surface area contributed by atoms with Crippen molar-refractivity contribution in [3.8, 4) is 0 Å². The smallest absolute Gasteiger partial charge is 0.328 e. The topological polar surface area (TPSA) is 78.4 Å². The van der Waals surface area contributed by atoms with Crippen molar-refractivity contribution in [2.45, 2.75) is 39.3 Å². The Morgan fingerprint density at radius 2 is 1.86 bits per heavy atom. The number of carboxylic acids is 1. The number of carboxylic acid groups (broad SMARTS) is 1. The first kappa shape index (κ1) is 12.9. The minimum absolute atomic E-state index is 0.133. The van der Waals surface area contributed by atoms with Gasteiger partial charge in [0.05, 0.1) is 6.54 Å². The molecule has 0 aromatic rings. The van der Waals surface area contributed by atoms with Crippen molar-refractivity contribution in [1.82, 2.24) is 10.6 Å². The Kier molecular flexibility index (Phi) is 4.56. The van der Waals surface area contributed by atoms with E-state index in [2.05, 4.69) is 10.6 Å². The summed E-state index contributed by atoms with van der Waals surface area (Å²) in [4.78, 5) is 21.9.